The highest BCUT2D eigenvalue weighted by molar-refractivity contribution is 5.29. The van der Waals surface area contributed by atoms with Crippen molar-refractivity contribution in [3.63, 3.8) is 0 Å². The average molecular weight is 1080 g/mol. The molecule has 432 valence electrons. The van der Waals surface area contributed by atoms with Gasteiger partial charge in [0.05, 0.1) is 49.8 Å². The van der Waals surface area contributed by atoms with Gasteiger partial charge in [-0.3, -0.25) is 0 Å². The molecule has 24 nitrogen and oxygen atoms in total. The lowest BCUT2D eigenvalue weighted by molar-refractivity contribution is -0.388. The summed E-state index contributed by atoms with van der Waals surface area (Å²) in [6.45, 7) is 8.79. The van der Waals surface area contributed by atoms with Gasteiger partial charge in [0, 0.05) is 17.8 Å². The summed E-state index contributed by atoms with van der Waals surface area (Å²) in [7, 11) is 0. The lowest BCUT2D eigenvalue weighted by Gasteiger charge is -2.59. The molecule has 0 aromatic carbocycles. The number of hydrogen-bond acceptors (Lipinski definition) is 24. The van der Waals surface area contributed by atoms with Gasteiger partial charge in [-0.1, -0.05) is 32.4 Å². The Morgan fingerprint density at radius 3 is 1.83 bits per heavy atom. The number of aliphatic hydroxyl groups excluding tert-OH is 12. The van der Waals surface area contributed by atoms with E-state index in [2.05, 4.69) is 19.9 Å². The second kappa shape index (κ2) is 21.6. The van der Waals surface area contributed by atoms with Gasteiger partial charge in [0.25, 0.3) is 0 Å². The highest BCUT2D eigenvalue weighted by Crippen LogP contribution is 2.71. The minimum Gasteiger partial charge on any atom is -0.394 e. The van der Waals surface area contributed by atoms with E-state index in [1.54, 1.807) is 6.92 Å². The molecule has 15 N–H and O–H groups in total. The zero-order valence-corrected chi connectivity index (χ0v) is 43.5. The van der Waals surface area contributed by atoms with Gasteiger partial charge in [-0.15, -0.1) is 0 Å². The maximum Gasteiger partial charge on any atom is 0.187 e. The highest BCUT2D eigenvalue weighted by Gasteiger charge is 2.75. The van der Waals surface area contributed by atoms with E-state index in [9.17, 15) is 76.6 Å². The van der Waals surface area contributed by atoms with E-state index >= 15 is 0 Å². The fourth-order valence-corrected chi connectivity index (χ4v) is 14.9. The Morgan fingerprint density at radius 2 is 1.21 bits per heavy atom. The van der Waals surface area contributed by atoms with Gasteiger partial charge in [-0.05, 0) is 95.3 Å². The highest BCUT2D eigenvalue weighted by atomic mass is 16.8. The third-order valence-electron chi connectivity index (χ3n) is 19.8. The Labute approximate surface area is 435 Å². The maximum absolute atomic E-state index is 12.9. The smallest absolute Gasteiger partial charge is 0.187 e. The van der Waals surface area contributed by atoms with E-state index in [1.807, 2.05) is 0 Å². The van der Waals surface area contributed by atoms with Crippen LogP contribution in [0.2, 0.25) is 0 Å². The quantitative estimate of drug-likeness (QED) is 0.0743. The summed E-state index contributed by atoms with van der Waals surface area (Å²) in [4.78, 5) is 0. The molecule has 0 radical (unpaired) electrons. The molecule has 9 aliphatic rings. The molecule has 8 fully saturated rings. The molecular formula is C51H84O24. The first-order valence-corrected chi connectivity index (χ1v) is 26.9. The molecule has 1 unspecified atom stereocenters. The molecule has 0 amide bonds. The van der Waals surface area contributed by atoms with Crippen molar-refractivity contribution < 1.29 is 119 Å². The van der Waals surface area contributed by atoms with Crippen LogP contribution < -0.4 is 0 Å². The van der Waals surface area contributed by atoms with Gasteiger partial charge in [0.1, 0.15) is 91.1 Å². The lowest BCUT2D eigenvalue weighted by atomic mass is 9.46. The van der Waals surface area contributed by atoms with E-state index in [-0.39, 0.29) is 36.0 Å². The largest absolute Gasteiger partial charge is 0.394 e. The molecule has 5 saturated heterocycles. The van der Waals surface area contributed by atoms with Gasteiger partial charge in [0.15, 0.2) is 30.9 Å². The fourth-order valence-electron chi connectivity index (χ4n) is 14.9. The molecule has 75 heavy (non-hydrogen) atoms. The summed E-state index contributed by atoms with van der Waals surface area (Å²) in [5.41, 5.74) is -2.74. The molecule has 0 bridgehead atoms. The van der Waals surface area contributed by atoms with Crippen molar-refractivity contribution in [1.82, 2.24) is 0 Å². The van der Waals surface area contributed by atoms with Crippen LogP contribution in [0.25, 0.3) is 0 Å². The van der Waals surface area contributed by atoms with Crippen LogP contribution in [0.5, 0.6) is 0 Å². The number of fused-ring (bicyclic) bond motifs is 7. The van der Waals surface area contributed by atoms with Crippen LogP contribution in [0.4, 0.5) is 0 Å². The second-order valence-corrected chi connectivity index (χ2v) is 24.2. The van der Waals surface area contributed by atoms with Crippen molar-refractivity contribution in [3.8, 4) is 0 Å². The third kappa shape index (κ3) is 10.0. The first-order valence-electron chi connectivity index (χ1n) is 26.9. The standard InChI is InChI=1S/C51H84O24/c1-20-31(54)34(57)38(61)44(68-20)73-41-29(18-53)72-46(42(40(41)63)74-45-39(62)35(58)32(55)21(2)69-45)70-24-9-11-48(5)23(15-24)7-8-25-26(48)10-12-49(6)27(25)16-30-51(49,66)22(3)50(65,75-30)14-13-47(4,64)19-67-43-37(60)36(59)33(56)28(17-52)71-43/h7,20-22,24-46,52-66H,8-19H2,1-6H3/t20-,21-,22+,24-,25+,26-,27-,28+,29+,30-,31-,32-,33+,34+,35+,36-,37+,38+,39+,40-,41+,42+,43+,44-,45-,46+,47?,48-,49-,50+,51+/m0/s1. The zero-order valence-electron chi connectivity index (χ0n) is 43.5. The van der Waals surface area contributed by atoms with Crippen LogP contribution >= 0.6 is 0 Å². The van der Waals surface area contributed by atoms with Crippen molar-refractivity contribution in [2.24, 2.45) is 34.5 Å². The molecule has 3 saturated carbocycles. The first-order chi connectivity index (χ1) is 35.1. The molecule has 5 heterocycles. The molecule has 4 aliphatic carbocycles. The van der Waals surface area contributed by atoms with Crippen molar-refractivity contribution in [3.05, 3.63) is 11.6 Å². The van der Waals surface area contributed by atoms with Crippen LogP contribution in [-0.2, 0) is 42.6 Å². The Kier molecular flexibility index (Phi) is 16.8. The van der Waals surface area contributed by atoms with Crippen LogP contribution in [0.3, 0.4) is 0 Å². The van der Waals surface area contributed by atoms with Gasteiger partial charge in [-0.25, -0.2) is 0 Å². The summed E-state index contributed by atoms with van der Waals surface area (Å²) in [6, 6.07) is 0. The van der Waals surface area contributed by atoms with Crippen LogP contribution in [0.15, 0.2) is 11.6 Å². The molecule has 0 aromatic heterocycles. The van der Waals surface area contributed by atoms with Crippen LogP contribution in [0.1, 0.15) is 99.3 Å². The number of ether oxygens (including phenoxy) is 9. The van der Waals surface area contributed by atoms with E-state index in [0.29, 0.717) is 38.5 Å². The molecule has 24 heteroatoms. The second-order valence-electron chi connectivity index (χ2n) is 24.2. The Morgan fingerprint density at radius 1 is 0.640 bits per heavy atom. The topological polar surface area (TPSA) is 387 Å². The predicted octanol–water partition coefficient (Wildman–Crippen LogP) is -3.75. The van der Waals surface area contributed by atoms with E-state index < -0.39 is 183 Å². The Balaban J connectivity index is 0.864. The van der Waals surface area contributed by atoms with E-state index in [0.717, 1.165) is 6.42 Å². The van der Waals surface area contributed by atoms with Gasteiger partial charge in [-0.2, -0.15) is 0 Å². The van der Waals surface area contributed by atoms with Crippen molar-refractivity contribution in [2.45, 2.75) is 251 Å². The average Bonchev–Trinajstić information content (AvgIpc) is 3.73. The summed E-state index contributed by atoms with van der Waals surface area (Å²) < 4.78 is 54.0. The van der Waals surface area contributed by atoms with Crippen molar-refractivity contribution in [1.29, 1.82) is 0 Å². The van der Waals surface area contributed by atoms with Crippen LogP contribution in [0, 0.1) is 34.5 Å². The molecule has 0 aromatic rings. The summed E-state index contributed by atoms with van der Waals surface area (Å²) in [6.07, 6.45) is -24.7. The first kappa shape index (κ1) is 58.4. The summed E-state index contributed by atoms with van der Waals surface area (Å²) in [5, 5.41) is 163. The van der Waals surface area contributed by atoms with E-state index in [4.69, 9.17) is 42.6 Å². The Bertz CT molecular complexity index is 2000. The van der Waals surface area contributed by atoms with Crippen molar-refractivity contribution in [2.75, 3.05) is 19.8 Å². The maximum atomic E-state index is 12.9. The fraction of sp³-hybridized carbons (Fsp3) is 0.961. The molecule has 31 atom stereocenters. The molecular weight excluding hydrogens is 997 g/mol. The normalized spacial score (nSPS) is 55.8. The van der Waals surface area contributed by atoms with Crippen molar-refractivity contribution >= 4 is 0 Å². The lowest BCUT2D eigenvalue weighted by Crippen LogP contribution is -2.66. The monoisotopic (exact) mass is 1080 g/mol. The minimum absolute atomic E-state index is 0.0360. The molecule has 5 aliphatic heterocycles. The summed E-state index contributed by atoms with van der Waals surface area (Å²) >= 11 is 0. The molecule has 0 spiro atoms. The number of hydrogen-bond donors (Lipinski definition) is 15. The number of allylic oxidation sites excluding steroid dienone is 1. The van der Waals surface area contributed by atoms with Gasteiger partial charge < -0.3 is 119 Å². The summed E-state index contributed by atoms with van der Waals surface area (Å²) in [5.74, 6) is -2.13. The van der Waals surface area contributed by atoms with Gasteiger partial charge in [0.2, 0.25) is 0 Å². The van der Waals surface area contributed by atoms with E-state index in [1.165, 1.54) is 26.3 Å². The third-order valence-corrected chi connectivity index (χ3v) is 19.8. The zero-order chi connectivity index (χ0) is 54.6. The van der Waals surface area contributed by atoms with Gasteiger partial charge >= 0.3 is 0 Å². The number of rotatable bonds is 14. The number of aliphatic hydroxyl groups is 15. The SMILES string of the molecule is C[C@@H]1O[C@@H](O[C@H]2[C@H](O[C@H]3CC[C@@]4(C)C(=CC[C@@H]5[C@@H]4CC[C@@]4(C)[C@H]5C[C@@H]5O[C@](O)(CCC(C)(O)CO[C@@H]6O[C@H](CO)[C@@H](O)[C@H](O)[C@H]6O)[C@@H](C)[C@@]54O)C3)O[C@H](CO)[C@@H](O[C@@H]3O[C@@H](C)[C@H](O)[C@@H](O)[C@H]3O)[C@@H]2O)[C@H](O)[C@H](O)[C@H]1O. The molecule has 9 rings (SSSR count). The Hall–Kier alpha value is -1.22. The predicted molar refractivity (Wildman–Crippen MR) is 252 cm³/mol. The van der Waals surface area contributed by atoms with Crippen LogP contribution in [-0.4, -0.2) is 248 Å². The minimum atomic E-state index is -1.81.